The molecule has 1 amide bonds. The number of amides is 1. The summed E-state index contributed by atoms with van der Waals surface area (Å²) in [5.74, 6) is -0.0880. The molecule has 0 fully saturated rings. The summed E-state index contributed by atoms with van der Waals surface area (Å²) in [5.41, 5.74) is 1.44. The van der Waals surface area contributed by atoms with Crippen molar-refractivity contribution in [3.05, 3.63) is 59.5 Å². The molecule has 0 aliphatic carbocycles. The van der Waals surface area contributed by atoms with Crippen molar-refractivity contribution in [2.24, 2.45) is 0 Å². The summed E-state index contributed by atoms with van der Waals surface area (Å²) < 4.78 is 23.1. The van der Waals surface area contributed by atoms with Crippen molar-refractivity contribution in [2.75, 3.05) is 26.9 Å². The minimum Gasteiger partial charge on any atom is -0.475 e. The van der Waals surface area contributed by atoms with E-state index in [1.54, 1.807) is 31.4 Å². The number of benzene rings is 1. The molecule has 0 spiro atoms. The second-order valence-corrected chi connectivity index (χ2v) is 4.86. The van der Waals surface area contributed by atoms with Crippen LogP contribution >= 0.6 is 0 Å². The third-order valence-electron chi connectivity index (χ3n) is 3.15. The number of hydrogen-bond donors (Lipinski definition) is 1. The lowest BCUT2D eigenvalue weighted by Gasteiger charge is -2.08. The number of nitrogens with zero attached hydrogens (tertiary/aromatic N) is 1. The molecule has 5 nitrogen and oxygen atoms in total. The number of carbonyl (C=O) groups is 1. The highest BCUT2D eigenvalue weighted by molar-refractivity contribution is 5.94. The maximum atomic E-state index is 12.8. The van der Waals surface area contributed by atoms with Gasteiger partial charge in [0.15, 0.2) is 0 Å². The summed E-state index contributed by atoms with van der Waals surface area (Å²) in [5, 5.41) is 2.82. The highest BCUT2D eigenvalue weighted by atomic mass is 19.1. The van der Waals surface area contributed by atoms with Gasteiger partial charge in [-0.1, -0.05) is 12.1 Å². The quantitative estimate of drug-likeness (QED) is 0.758. The fourth-order valence-electron chi connectivity index (χ4n) is 1.93. The molecule has 1 aromatic heterocycles. The minimum atomic E-state index is -0.268. The molecule has 122 valence electrons. The molecule has 0 aliphatic rings. The summed E-state index contributed by atoms with van der Waals surface area (Å²) in [6.07, 6.45) is 2.16. The van der Waals surface area contributed by atoms with E-state index >= 15 is 0 Å². The monoisotopic (exact) mass is 318 g/mol. The van der Waals surface area contributed by atoms with Crippen LogP contribution in [-0.2, 0) is 11.2 Å². The first-order valence-corrected chi connectivity index (χ1v) is 7.29. The lowest BCUT2D eigenvalue weighted by molar-refractivity contribution is 0.0953. The number of pyridine rings is 1. The highest BCUT2D eigenvalue weighted by Gasteiger charge is 2.07. The van der Waals surface area contributed by atoms with E-state index in [4.69, 9.17) is 9.47 Å². The van der Waals surface area contributed by atoms with Gasteiger partial charge in [-0.15, -0.1) is 0 Å². The number of aromatic nitrogens is 1. The molecule has 0 radical (unpaired) electrons. The Kier molecular flexibility index (Phi) is 6.50. The van der Waals surface area contributed by atoms with Crippen molar-refractivity contribution < 1.29 is 18.7 Å². The molecule has 0 atom stereocenters. The molecule has 0 saturated carbocycles. The van der Waals surface area contributed by atoms with E-state index in [1.165, 1.54) is 18.3 Å². The molecule has 1 N–H and O–H groups in total. The van der Waals surface area contributed by atoms with Crippen LogP contribution in [-0.4, -0.2) is 37.8 Å². The van der Waals surface area contributed by atoms with Crippen LogP contribution < -0.4 is 10.1 Å². The lowest BCUT2D eigenvalue weighted by atomic mass is 10.1. The van der Waals surface area contributed by atoms with Gasteiger partial charge in [-0.3, -0.25) is 4.79 Å². The number of rotatable bonds is 8. The van der Waals surface area contributed by atoms with Gasteiger partial charge in [0.1, 0.15) is 12.4 Å². The van der Waals surface area contributed by atoms with Gasteiger partial charge in [-0.2, -0.15) is 0 Å². The first kappa shape index (κ1) is 16.9. The predicted molar refractivity (Wildman–Crippen MR) is 84.0 cm³/mol. The van der Waals surface area contributed by atoms with E-state index in [-0.39, 0.29) is 11.7 Å². The first-order valence-electron chi connectivity index (χ1n) is 7.29. The Bertz CT molecular complexity index is 632. The van der Waals surface area contributed by atoms with E-state index in [0.29, 0.717) is 37.6 Å². The summed E-state index contributed by atoms with van der Waals surface area (Å²) in [6, 6.07) is 9.43. The maximum Gasteiger partial charge on any atom is 0.251 e. The van der Waals surface area contributed by atoms with E-state index in [1.807, 2.05) is 0 Å². The van der Waals surface area contributed by atoms with Crippen molar-refractivity contribution in [1.29, 1.82) is 0 Å². The Morgan fingerprint density at radius 1 is 1.22 bits per heavy atom. The molecule has 23 heavy (non-hydrogen) atoms. The molecule has 2 rings (SSSR count). The van der Waals surface area contributed by atoms with Crippen LogP contribution in [0.5, 0.6) is 5.88 Å². The number of hydrogen-bond acceptors (Lipinski definition) is 4. The standard InChI is InChI=1S/C17H19FN2O3/c1-22-10-11-23-16-12-14(7-9-19-16)17(21)20-8-6-13-2-4-15(18)5-3-13/h2-5,7,9,12H,6,8,10-11H2,1H3,(H,20,21). The fraction of sp³-hybridized carbons (Fsp3) is 0.294. The van der Waals surface area contributed by atoms with E-state index < -0.39 is 0 Å². The summed E-state index contributed by atoms with van der Waals surface area (Å²) in [6.45, 7) is 1.29. The average molecular weight is 318 g/mol. The zero-order chi connectivity index (χ0) is 16.5. The second-order valence-electron chi connectivity index (χ2n) is 4.86. The maximum absolute atomic E-state index is 12.8. The molecule has 0 aliphatic heterocycles. The molecule has 1 aromatic carbocycles. The molecule has 1 heterocycles. The van der Waals surface area contributed by atoms with Crippen LogP contribution in [0, 0.1) is 5.82 Å². The number of nitrogens with one attached hydrogen (secondary N) is 1. The zero-order valence-electron chi connectivity index (χ0n) is 12.9. The smallest absolute Gasteiger partial charge is 0.251 e. The normalized spacial score (nSPS) is 10.3. The SMILES string of the molecule is COCCOc1cc(C(=O)NCCc2ccc(F)cc2)ccn1. The van der Waals surface area contributed by atoms with Crippen molar-refractivity contribution in [3.8, 4) is 5.88 Å². The van der Waals surface area contributed by atoms with Gasteiger partial charge in [0.05, 0.1) is 6.61 Å². The molecular formula is C17H19FN2O3. The van der Waals surface area contributed by atoms with Crippen molar-refractivity contribution >= 4 is 5.91 Å². The predicted octanol–water partition coefficient (Wildman–Crippen LogP) is 2.22. The number of ether oxygens (including phenoxy) is 2. The van der Waals surface area contributed by atoms with E-state index in [9.17, 15) is 9.18 Å². The van der Waals surface area contributed by atoms with Crippen LogP contribution in [0.15, 0.2) is 42.6 Å². The Hall–Kier alpha value is -2.47. The molecule has 0 bridgehead atoms. The molecule has 2 aromatic rings. The van der Waals surface area contributed by atoms with E-state index in [0.717, 1.165) is 5.56 Å². The van der Waals surface area contributed by atoms with Gasteiger partial charge in [0.2, 0.25) is 5.88 Å². The second kappa shape index (κ2) is 8.85. The first-order chi connectivity index (χ1) is 11.2. The third kappa shape index (κ3) is 5.67. The van der Waals surface area contributed by atoms with Crippen molar-refractivity contribution in [3.63, 3.8) is 0 Å². The van der Waals surface area contributed by atoms with E-state index in [2.05, 4.69) is 10.3 Å². The van der Waals surface area contributed by atoms with Crippen LogP contribution in [0.25, 0.3) is 0 Å². The topological polar surface area (TPSA) is 60.5 Å². The van der Waals surface area contributed by atoms with Crippen LogP contribution in [0.1, 0.15) is 15.9 Å². The summed E-state index contributed by atoms with van der Waals surface area (Å²) >= 11 is 0. The van der Waals surface area contributed by atoms with Gasteiger partial charge in [-0.05, 0) is 30.2 Å². The highest BCUT2D eigenvalue weighted by Crippen LogP contribution is 2.09. The van der Waals surface area contributed by atoms with Crippen LogP contribution in [0.3, 0.4) is 0 Å². The molecule has 0 unspecified atom stereocenters. The van der Waals surface area contributed by atoms with Gasteiger partial charge in [0, 0.05) is 31.5 Å². The molecule has 6 heteroatoms. The Balaban J connectivity index is 1.82. The van der Waals surface area contributed by atoms with Crippen LogP contribution in [0.2, 0.25) is 0 Å². The van der Waals surface area contributed by atoms with Gasteiger partial charge >= 0.3 is 0 Å². The third-order valence-corrected chi connectivity index (χ3v) is 3.15. The van der Waals surface area contributed by atoms with Gasteiger partial charge in [0.25, 0.3) is 5.91 Å². The Morgan fingerprint density at radius 3 is 2.74 bits per heavy atom. The van der Waals surface area contributed by atoms with Crippen molar-refractivity contribution in [2.45, 2.75) is 6.42 Å². The number of methoxy groups -OCH3 is 1. The fourth-order valence-corrected chi connectivity index (χ4v) is 1.93. The Morgan fingerprint density at radius 2 is 2.00 bits per heavy atom. The number of halogens is 1. The molecule has 0 saturated heterocycles. The largest absolute Gasteiger partial charge is 0.475 e. The van der Waals surface area contributed by atoms with Gasteiger partial charge < -0.3 is 14.8 Å². The number of carbonyl (C=O) groups excluding carboxylic acids is 1. The van der Waals surface area contributed by atoms with Gasteiger partial charge in [-0.25, -0.2) is 9.37 Å². The van der Waals surface area contributed by atoms with Crippen molar-refractivity contribution in [1.82, 2.24) is 10.3 Å². The summed E-state index contributed by atoms with van der Waals surface area (Å²) in [4.78, 5) is 16.1. The molecular weight excluding hydrogens is 299 g/mol. The average Bonchev–Trinajstić information content (AvgIpc) is 2.57. The lowest BCUT2D eigenvalue weighted by Crippen LogP contribution is -2.25. The summed E-state index contributed by atoms with van der Waals surface area (Å²) in [7, 11) is 1.59. The minimum absolute atomic E-state index is 0.203. The van der Waals surface area contributed by atoms with Crippen LogP contribution in [0.4, 0.5) is 4.39 Å². The zero-order valence-corrected chi connectivity index (χ0v) is 12.9. The Labute approximate surface area is 134 Å².